The predicted molar refractivity (Wildman–Crippen MR) is 114 cm³/mol. The van der Waals surface area contributed by atoms with Gasteiger partial charge in [0.2, 0.25) is 11.8 Å². The number of hydrogen-bond donors (Lipinski definition) is 3. The second kappa shape index (κ2) is 9.36. The van der Waals surface area contributed by atoms with Crippen LogP contribution >= 0.6 is 0 Å². The van der Waals surface area contributed by atoms with Gasteiger partial charge in [-0.15, -0.1) is 0 Å². The van der Waals surface area contributed by atoms with E-state index < -0.39 is 0 Å². The molecule has 0 spiro atoms. The maximum Gasteiger partial charge on any atom is 0.229 e. The van der Waals surface area contributed by atoms with Crippen LogP contribution in [0.3, 0.4) is 0 Å². The van der Waals surface area contributed by atoms with Crippen molar-refractivity contribution in [3.8, 4) is 5.75 Å². The SMILES string of the molecule is COc1ccc(CC(=O)Nc2ccc(Nc3cccc(NC(C)=O)c3)cn2)cc1. The summed E-state index contributed by atoms with van der Waals surface area (Å²) >= 11 is 0. The Hall–Kier alpha value is -3.87. The number of anilines is 4. The number of nitrogens with one attached hydrogen (secondary N) is 3. The molecule has 3 rings (SSSR count). The molecule has 7 heteroatoms. The van der Waals surface area contributed by atoms with Crippen molar-refractivity contribution in [2.75, 3.05) is 23.1 Å². The summed E-state index contributed by atoms with van der Waals surface area (Å²) in [6.45, 7) is 1.46. The fourth-order valence-corrected chi connectivity index (χ4v) is 2.70. The van der Waals surface area contributed by atoms with E-state index in [1.165, 1.54) is 6.92 Å². The fraction of sp³-hybridized carbons (Fsp3) is 0.136. The summed E-state index contributed by atoms with van der Waals surface area (Å²) in [6.07, 6.45) is 1.88. The van der Waals surface area contributed by atoms with Gasteiger partial charge in [-0.05, 0) is 48.0 Å². The lowest BCUT2D eigenvalue weighted by molar-refractivity contribution is -0.116. The number of carbonyl (C=O) groups is 2. The van der Waals surface area contributed by atoms with E-state index in [4.69, 9.17) is 4.74 Å². The molecule has 3 N–H and O–H groups in total. The third-order valence-electron chi connectivity index (χ3n) is 4.03. The maximum absolute atomic E-state index is 12.2. The van der Waals surface area contributed by atoms with Crippen LogP contribution in [0.2, 0.25) is 0 Å². The summed E-state index contributed by atoms with van der Waals surface area (Å²) in [5, 5.41) is 8.73. The van der Waals surface area contributed by atoms with Crippen LogP contribution in [0.1, 0.15) is 12.5 Å². The van der Waals surface area contributed by atoms with E-state index in [1.807, 2.05) is 54.6 Å². The van der Waals surface area contributed by atoms with Gasteiger partial charge in [-0.3, -0.25) is 9.59 Å². The summed E-state index contributed by atoms with van der Waals surface area (Å²) in [7, 11) is 1.60. The van der Waals surface area contributed by atoms with Crippen molar-refractivity contribution in [2.45, 2.75) is 13.3 Å². The fourth-order valence-electron chi connectivity index (χ4n) is 2.70. The number of aromatic nitrogens is 1. The molecule has 2 amide bonds. The number of rotatable bonds is 7. The zero-order valence-corrected chi connectivity index (χ0v) is 16.2. The third-order valence-corrected chi connectivity index (χ3v) is 4.03. The van der Waals surface area contributed by atoms with Crippen LogP contribution in [0, 0.1) is 0 Å². The molecule has 0 radical (unpaired) electrons. The van der Waals surface area contributed by atoms with Gasteiger partial charge in [0, 0.05) is 18.3 Å². The van der Waals surface area contributed by atoms with Crippen molar-refractivity contribution in [2.24, 2.45) is 0 Å². The summed E-state index contributed by atoms with van der Waals surface area (Å²) in [6, 6.07) is 18.3. The molecule has 0 unspecified atom stereocenters. The van der Waals surface area contributed by atoms with Crippen molar-refractivity contribution in [1.29, 1.82) is 0 Å². The number of carbonyl (C=O) groups excluding carboxylic acids is 2. The summed E-state index contributed by atoms with van der Waals surface area (Å²) in [4.78, 5) is 27.6. The van der Waals surface area contributed by atoms with Crippen LogP contribution in [0.25, 0.3) is 0 Å². The molecular formula is C22H22N4O3. The lowest BCUT2D eigenvalue weighted by Crippen LogP contribution is -2.15. The standard InChI is InChI=1S/C22H22N4O3/c1-15(27)24-17-4-3-5-18(13-17)25-19-8-11-21(23-14-19)26-22(28)12-16-6-9-20(29-2)10-7-16/h3-11,13-14,25H,12H2,1-2H3,(H,24,27)(H,23,26,28). The molecular weight excluding hydrogens is 368 g/mol. The van der Waals surface area contributed by atoms with Gasteiger partial charge in [-0.1, -0.05) is 18.2 Å². The minimum absolute atomic E-state index is 0.126. The normalized spacial score (nSPS) is 10.1. The topological polar surface area (TPSA) is 92.4 Å². The minimum atomic E-state index is -0.147. The van der Waals surface area contributed by atoms with Crippen LogP contribution in [0.5, 0.6) is 5.75 Å². The number of methoxy groups -OCH3 is 1. The Morgan fingerprint density at radius 1 is 0.931 bits per heavy atom. The van der Waals surface area contributed by atoms with Crippen LogP contribution in [-0.2, 0) is 16.0 Å². The van der Waals surface area contributed by atoms with Crippen LogP contribution < -0.4 is 20.7 Å². The van der Waals surface area contributed by atoms with Crippen molar-refractivity contribution < 1.29 is 14.3 Å². The van der Waals surface area contributed by atoms with Gasteiger partial charge in [0.05, 0.1) is 25.4 Å². The molecule has 2 aromatic carbocycles. The number of pyridine rings is 1. The molecule has 29 heavy (non-hydrogen) atoms. The first-order valence-electron chi connectivity index (χ1n) is 9.05. The lowest BCUT2D eigenvalue weighted by atomic mass is 10.1. The number of ether oxygens (including phenoxy) is 1. The van der Waals surface area contributed by atoms with Crippen molar-refractivity contribution >= 4 is 34.7 Å². The Morgan fingerprint density at radius 3 is 2.34 bits per heavy atom. The molecule has 0 aliphatic heterocycles. The Kier molecular flexibility index (Phi) is 6.42. The smallest absolute Gasteiger partial charge is 0.229 e. The Bertz CT molecular complexity index is 986. The van der Waals surface area contributed by atoms with Crippen LogP contribution in [0.4, 0.5) is 22.9 Å². The second-order valence-electron chi connectivity index (χ2n) is 6.39. The second-order valence-corrected chi connectivity index (χ2v) is 6.39. The highest BCUT2D eigenvalue weighted by molar-refractivity contribution is 5.91. The molecule has 0 aliphatic rings. The molecule has 1 heterocycles. The van der Waals surface area contributed by atoms with Crippen molar-refractivity contribution in [3.63, 3.8) is 0 Å². The Morgan fingerprint density at radius 2 is 1.69 bits per heavy atom. The minimum Gasteiger partial charge on any atom is -0.497 e. The van der Waals surface area contributed by atoms with Gasteiger partial charge in [0.15, 0.2) is 0 Å². The number of amides is 2. The van der Waals surface area contributed by atoms with E-state index in [1.54, 1.807) is 19.4 Å². The monoisotopic (exact) mass is 390 g/mol. The maximum atomic E-state index is 12.2. The van der Waals surface area contributed by atoms with Gasteiger partial charge in [0.1, 0.15) is 11.6 Å². The quantitative estimate of drug-likeness (QED) is 0.568. The van der Waals surface area contributed by atoms with E-state index in [0.717, 1.165) is 22.7 Å². The largest absolute Gasteiger partial charge is 0.497 e. The van der Waals surface area contributed by atoms with E-state index >= 15 is 0 Å². The molecule has 148 valence electrons. The summed E-state index contributed by atoms with van der Waals surface area (Å²) in [5.41, 5.74) is 3.17. The first-order valence-corrected chi connectivity index (χ1v) is 9.05. The van der Waals surface area contributed by atoms with Gasteiger partial charge < -0.3 is 20.7 Å². The van der Waals surface area contributed by atoms with Crippen LogP contribution in [0.15, 0.2) is 66.9 Å². The van der Waals surface area contributed by atoms with Crippen molar-refractivity contribution in [3.05, 3.63) is 72.4 Å². The highest BCUT2D eigenvalue weighted by atomic mass is 16.5. The lowest BCUT2D eigenvalue weighted by Gasteiger charge is -2.10. The van der Waals surface area contributed by atoms with Gasteiger partial charge >= 0.3 is 0 Å². The van der Waals surface area contributed by atoms with E-state index in [0.29, 0.717) is 11.5 Å². The van der Waals surface area contributed by atoms with Gasteiger partial charge in [-0.2, -0.15) is 0 Å². The van der Waals surface area contributed by atoms with E-state index in [-0.39, 0.29) is 18.2 Å². The predicted octanol–water partition coefficient (Wildman–Crippen LogP) is 3.97. The van der Waals surface area contributed by atoms with Crippen LogP contribution in [-0.4, -0.2) is 23.9 Å². The highest BCUT2D eigenvalue weighted by Gasteiger charge is 2.06. The number of nitrogens with zero attached hydrogens (tertiary/aromatic N) is 1. The van der Waals surface area contributed by atoms with E-state index in [2.05, 4.69) is 20.9 Å². The van der Waals surface area contributed by atoms with E-state index in [9.17, 15) is 9.59 Å². The van der Waals surface area contributed by atoms with Gasteiger partial charge in [0.25, 0.3) is 0 Å². The Labute approximate surface area is 169 Å². The average molecular weight is 390 g/mol. The Balaban J connectivity index is 1.56. The highest BCUT2D eigenvalue weighted by Crippen LogP contribution is 2.20. The first kappa shape index (κ1) is 19.9. The van der Waals surface area contributed by atoms with Crippen molar-refractivity contribution in [1.82, 2.24) is 4.98 Å². The average Bonchev–Trinajstić information content (AvgIpc) is 2.70. The van der Waals surface area contributed by atoms with Gasteiger partial charge in [-0.25, -0.2) is 4.98 Å². The zero-order chi connectivity index (χ0) is 20.6. The zero-order valence-electron chi connectivity index (χ0n) is 16.2. The third kappa shape index (κ3) is 6.07. The number of benzene rings is 2. The summed E-state index contributed by atoms with van der Waals surface area (Å²) < 4.78 is 5.11. The number of hydrogen-bond acceptors (Lipinski definition) is 5. The molecule has 0 saturated carbocycles. The molecule has 3 aromatic rings. The molecule has 0 saturated heterocycles. The first-order chi connectivity index (χ1) is 14.0. The molecule has 7 nitrogen and oxygen atoms in total. The molecule has 0 bridgehead atoms. The molecule has 1 aromatic heterocycles. The molecule has 0 atom stereocenters. The molecule has 0 fully saturated rings. The summed E-state index contributed by atoms with van der Waals surface area (Å²) in [5.74, 6) is 0.951. The molecule has 0 aliphatic carbocycles.